The fourth-order valence-corrected chi connectivity index (χ4v) is 7.27. The van der Waals surface area contributed by atoms with E-state index in [0.717, 1.165) is 32.1 Å². The molecule has 4 aliphatic carbocycles. The fourth-order valence-electron chi connectivity index (χ4n) is 7.11. The van der Waals surface area contributed by atoms with Crippen molar-refractivity contribution in [1.29, 1.82) is 0 Å². The smallest absolute Gasteiger partial charge is 0.410 e. The summed E-state index contributed by atoms with van der Waals surface area (Å²) in [6.45, 7) is 0.915. The summed E-state index contributed by atoms with van der Waals surface area (Å²) in [6, 6.07) is 1.50. The number of aromatic amines is 1. The van der Waals surface area contributed by atoms with Crippen molar-refractivity contribution in [2.24, 2.45) is 28.9 Å². The lowest BCUT2D eigenvalue weighted by Gasteiger charge is -2.58. The summed E-state index contributed by atoms with van der Waals surface area (Å²) in [5, 5.41) is 0.455. The summed E-state index contributed by atoms with van der Waals surface area (Å²) >= 11 is 5.99. The van der Waals surface area contributed by atoms with Crippen LogP contribution in [0.3, 0.4) is 0 Å². The molecular weight excluding hydrogens is 434 g/mol. The number of imidazole rings is 1. The van der Waals surface area contributed by atoms with Crippen molar-refractivity contribution in [3.05, 3.63) is 27.8 Å². The van der Waals surface area contributed by atoms with Gasteiger partial charge in [0.1, 0.15) is 6.10 Å². The van der Waals surface area contributed by atoms with E-state index in [0.29, 0.717) is 41.6 Å². The van der Waals surface area contributed by atoms with Crippen LogP contribution in [-0.2, 0) is 9.53 Å². The van der Waals surface area contributed by atoms with Gasteiger partial charge in [-0.15, -0.1) is 0 Å². The molecule has 1 saturated heterocycles. The normalized spacial score (nSPS) is 35.5. The van der Waals surface area contributed by atoms with Gasteiger partial charge in [-0.05, 0) is 62.3 Å². The van der Waals surface area contributed by atoms with Crippen molar-refractivity contribution >= 4 is 34.8 Å². The Morgan fingerprint density at radius 1 is 1.25 bits per heavy atom. The minimum atomic E-state index is -0.398. The SMILES string of the molecule is NC(=O)C12CC3CC(C1)C(OC(=O)N1CCC(n4c(=O)[nH]c5cc(Cl)cnc54)C1)[C@H](C3)C2. The van der Waals surface area contributed by atoms with Crippen LogP contribution in [0, 0.1) is 23.2 Å². The number of H-pyrrole nitrogens is 1. The molecule has 2 aromatic rings. The van der Waals surface area contributed by atoms with E-state index in [1.807, 2.05) is 0 Å². The lowest BCUT2D eigenvalue weighted by molar-refractivity contribution is -0.161. The first-order valence-corrected chi connectivity index (χ1v) is 11.7. The van der Waals surface area contributed by atoms with E-state index in [-0.39, 0.29) is 41.7 Å². The van der Waals surface area contributed by atoms with Gasteiger partial charge in [0.25, 0.3) is 0 Å². The number of nitrogens with two attached hydrogens (primary N) is 1. The number of amides is 2. The van der Waals surface area contributed by atoms with Gasteiger partial charge >= 0.3 is 11.8 Å². The Morgan fingerprint density at radius 3 is 2.72 bits per heavy atom. The monoisotopic (exact) mass is 459 g/mol. The molecular formula is C22H26ClN5O4. The number of primary amides is 1. The Kier molecular flexibility index (Phi) is 4.38. The number of hydrogen-bond acceptors (Lipinski definition) is 5. The topological polar surface area (TPSA) is 123 Å². The minimum absolute atomic E-state index is 0.148. The second kappa shape index (κ2) is 6.97. The van der Waals surface area contributed by atoms with Crippen molar-refractivity contribution in [3.63, 3.8) is 0 Å². The highest BCUT2D eigenvalue weighted by molar-refractivity contribution is 6.31. The van der Waals surface area contributed by atoms with Crippen molar-refractivity contribution in [3.8, 4) is 0 Å². The van der Waals surface area contributed by atoms with Crippen LogP contribution in [0.2, 0.25) is 5.02 Å². The number of nitrogens with one attached hydrogen (secondary N) is 1. The summed E-state index contributed by atoms with van der Waals surface area (Å²) in [6.07, 6.45) is 6.05. The first-order valence-electron chi connectivity index (χ1n) is 11.3. The first-order chi connectivity index (χ1) is 15.3. The van der Waals surface area contributed by atoms with E-state index in [1.54, 1.807) is 15.5 Å². The van der Waals surface area contributed by atoms with Gasteiger partial charge in [0.2, 0.25) is 5.91 Å². The summed E-state index contributed by atoms with van der Waals surface area (Å²) in [5.74, 6) is 0.742. The molecule has 170 valence electrons. The second-order valence-corrected chi connectivity index (χ2v) is 10.6. The van der Waals surface area contributed by atoms with E-state index >= 15 is 0 Å². The Balaban J connectivity index is 1.16. The molecule has 5 fully saturated rings. The fraction of sp³-hybridized carbons (Fsp3) is 0.636. The minimum Gasteiger partial charge on any atom is -0.446 e. The molecule has 5 unspecified atom stereocenters. The average molecular weight is 460 g/mol. The molecule has 3 heterocycles. The summed E-state index contributed by atoms with van der Waals surface area (Å²) < 4.78 is 7.65. The summed E-state index contributed by atoms with van der Waals surface area (Å²) in [5.41, 5.74) is 6.23. The second-order valence-electron chi connectivity index (χ2n) is 10.2. The number of rotatable bonds is 3. The van der Waals surface area contributed by atoms with Crippen LogP contribution in [0.4, 0.5) is 4.79 Å². The number of halogens is 1. The van der Waals surface area contributed by atoms with Gasteiger partial charge < -0.3 is 20.4 Å². The van der Waals surface area contributed by atoms with Gasteiger partial charge in [-0.3, -0.25) is 9.36 Å². The number of fused-ring (bicyclic) bond motifs is 1. The van der Waals surface area contributed by atoms with Gasteiger partial charge in [0.15, 0.2) is 5.65 Å². The Morgan fingerprint density at radius 2 is 2.00 bits per heavy atom. The predicted octanol–water partition coefficient (Wildman–Crippen LogP) is 2.44. The first kappa shape index (κ1) is 20.1. The van der Waals surface area contributed by atoms with Crippen LogP contribution in [0.25, 0.3) is 11.2 Å². The number of hydrogen-bond donors (Lipinski definition) is 2. The third-order valence-corrected chi connectivity index (χ3v) is 8.46. The highest BCUT2D eigenvalue weighted by Crippen LogP contribution is 2.60. The van der Waals surface area contributed by atoms with Crippen LogP contribution >= 0.6 is 11.6 Å². The maximum Gasteiger partial charge on any atom is 0.410 e. The molecule has 0 aromatic carbocycles. The van der Waals surface area contributed by atoms with Crippen LogP contribution in [0.1, 0.15) is 44.6 Å². The molecule has 4 saturated carbocycles. The Hall–Kier alpha value is -2.55. The zero-order valence-corrected chi connectivity index (χ0v) is 18.4. The molecule has 3 N–H and O–H groups in total. The molecule has 9 nitrogen and oxygen atoms in total. The van der Waals surface area contributed by atoms with Gasteiger partial charge in [-0.2, -0.15) is 0 Å². The molecule has 5 aliphatic rings. The number of pyridine rings is 1. The Labute approximate surface area is 189 Å². The zero-order valence-electron chi connectivity index (χ0n) is 17.6. The summed E-state index contributed by atoms with van der Waals surface area (Å²) in [7, 11) is 0. The van der Waals surface area contributed by atoms with E-state index in [2.05, 4.69) is 9.97 Å². The Bertz CT molecular complexity index is 1160. The molecule has 6 atom stereocenters. The van der Waals surface area contributed by atoms with E-state index in [4.69, 9.17) is 22.1 Å². The summed E-state index contributed by atoms with van der Waals surface area (Å²) in [4.78, 5) is 46.5. The molecule has 32 heavy (non-hydrogen) atoms. The molecule has 7 rings (SSSR count). The predicted molar refractivity (Wildman–Crippen MR) is 116 cm³/mol. The van der Waals surface area contributed by atoms with Crippen molar-refractivity contribution in [2.45, 2.75) is 50.7 Å². The van der Waals surface area contributed by atoms with Gasteiger partial charge in [-0.25, -0.2) is 14.6 Å². The van der Waals surface area contributed by atoms with Gasteiger partial charge in [0.05, 0.1) is 22.0 Å². The molecule has 2 amide bonds. The number of ether oxygens (including phenoxy) is 1. The van der Waals surface area contributed by atoms with Crippen LogP contribution in [0.15, 0.2) is 17.1 Å². The van der Waals surface area contributed by atoms with Crippen LogP contribution in [0.5, 0.6) is 0 Å². The highest BCUT2D eigenvalue weighted by Gasteiger charge is 2.59. The number of aromatic nitrogens is 3. The van der Waals surface area contributed by atoms with Crippen molar-refractivity contribution in [1.82, 2.24) is 19.4 Å². The van der Waals surface area contributed by atoms with Crippen LogP contribution in [-0.4, -0.2) is 50.6 Å². The van der Waals surface area contributed by atoms with E-state index < -0.39 is 5.41 Å². The maximum atomic E-state index is 13.0. The molecule has 0 radical (unpaired) electrons. The number of carbonyl (C=O) groups excluding carboxylic acids is 2. The molecule has 2 aromatic heterocycles. The molecule has 1 aliphatic heterocycles. The quantitative estimate of drug-likeness (QED) is 0.729. The lowest BCUT2D eigenvalue weighted by Crippen LogP contribution is -2.59. The molecule has 0 spiro atoms. The molecule has 10 heteroatoms. The average Bonchev–Trinajstić information content (AvgIpc) is 3.33. The van der Waals surface area contributed by atoms with Gasteiger partial charge in [-0.1, -0.05) is 11.6 Å². The van der Waals surface area contributed by atoms with E-state index in [9.17, 15) is 14.4 Å². The largest absolute Gasteiger partial charge is 0.446 e. The standard InChI is InChI=1S/C22H26ClN5O4/c23-14-5-16-18(25-9-14)28(20(30)26-16)15-1-2-27(10-15)21(31)32-17-12-3-11-4-13(17)8-22(6-11,7-12)19(24)29/h5,9,11-13,15,17H,1-4,6-8,10H2,(H2,24,29)(H,26,30)/t11?,12-,13?,15?,17?,22?/m1/s1. The maximum absolute atomic E-state index is 13.0. The van der Waals surface area contributed by atoms with Gasteiger partial charge in [0, 0.05) is 19.3 Å². The lowest BCUT2D eigenvalue weighted by atomic mass is 9.48. The third kappa shape index (κ3) is 2.97. The zero-order chi connectivity index (χ0) is 22.2. The van der Waals surface area contributed by atoms with Crippen molar-refractivity contribution in [2.75, 3.05) is 13.1 Å². The van der Waals surface area contributed by atoms with Crippen LogP contribution < -0.4 is 11.4 Å². The number of carbonyl (C=O) groups is 2. The number of likely N-dealkylation sites (tertiary alicyclic amines) is 1. The number of nitrogens with zero attached hydrogens (tertiary/aromatic N) is 3. The molecule has 4 bridgehead atoms. The third-order valence-electron chi connectivity index (χ3n) is 8.25. The van der Waals surface area contributed by atoms with Crippen molar-refractivity contribution < 1.29 is 14.3 Å². The van der Waals surface area contributed by atoms with E-state index in [1.165, 1.54) is 6.20 Å². The highest BCUT2D eigenvalue weighted by atomic mass is 35.5.